The summed E-state index contributed by atoms with van der Waals surface area (Å²) in [7, 11) is -3.31. The SMILES string of the molecule is Cc1oc2c(C)cc(I)cc2c1S(=O)(=O)C1CCCCC1. The van der Waals surface area contributed by atoms with Crippen LogP contribution in [0.5, 0.6) is 0 Å². The highest BCUT2D eigenvalue weighted by Crippen LogP contribution is 2.37. The number of aryl methyl sites for hydroxylation is 2. The Morgan fingerprint density at radius 2 is 1.81 bits per heavy atom. The first-order chi connectivity index (χ1) is 9.91. The summed E-state index contributed by atoms with van der Waals surface area (Å²) in [5.41, 5.74) is 1.70. The van der Waals surface area contributed by atoms with Crippen molar-refractivity contribution >= 4 is 43.4 Å². The van der Waals surface area contributed by atoms with Crippen molar-refractivity contribution in [3.05, 3.63) is 27.0 Å². The van der Waals surface area contributed by atoms with Crippen LogP contribution in [0.4, 0.5) is 0 Å². The number of hydrogen-bond acceptors (Lipinski definition) is 3. The summed E-state index contributed by atoms with van der Waals surface area (Å²) in [6, 6.07) is 3.94. The van der Waals surface area contributed by atoms with Gasteiger partial charge in [0.15, 0.2) is 9.84 Å². The van der Waals surface area contributed by atoms with Gasteiger partial charge in [0.2, 0.25) is 0 Å². The topological polar surface area (TPSA) is 47.3 Å². The van der Waals surface area contributed by atoms with E-state index < -0.39 is 9.84 Å². The molecule has 0 spiro atoms. The highest BCUT2D eigenvalue weighted by molar-refractivity contribution is 14.1. The Labute approximate surface area is 139 Å². The quantitative estimate of drug-likeness (QED) is 0.661. The molecule has 5 heteroatoms. The lowest BCUT2D eigenvalue weighted by Crippen LogP contribution is -2.24. The lowest BCUT2D eigenvalue weighted by Gasteiger charge is -2.21. The van der Waals surface area contributed by atoms with E-state index in [-0.39, 0.29) is 5.25 Å². The molecule has 0 amide bonds. The molecule has 1 aliphatic carbocycles. The molecule has 0 radical (unpaired) electrons. The minimum Gasteiger partial charge on any atom is -0.460 e. The Bertz CT molecular complexity index is 783. The predicted molar refractivity (Wildman–Crippen MR) is 92.5 cm³/mol. The van der Waals surface area contributed by atoms with Crippen LogP contribution in [-0.2, 0) is 9.84 Å². The van der Waals surface area contributed by atoms with Gasteiger partial charge in [-0.3, -0.25) is 0 Å². The van der Waals surface area contributed by atoms with Gasteiger partial charge in [0, 0.05) is 8.96 Å². The second kappa shape index (κ2) is 5.57. The molecule has 0 saturated heterocycles. The third-order valence-electron chi connectivity index (χ3n) is 4.33. The fourth-order valence-electron chi connectivity index (χ4n) is 3.32. The summed E-state index contributed by atoms with van der Waals surface area (Å²) in [6.45, 7) is 3.73. The number of furan rings is 1. The molecule has 3 rings (SSSR count). The summed E-state index contributed by atoms with van der Waals surface area (Å²) in [4.78, 5) is 0.422. The maximum atomic E-state index is 13.0. The Morgan fingerprint density at radius 3 is 2.48 bits per heavy atom. The third kappa shape index (κ3) is 2.63. The maximum Gasteiger partial charge on any atom is 0.185 e. The molecule has 114 valence electrons. The van der Waals surface area contributed by atoms with E-state index in [1.54, 1.807) is 6.92 Å². The van der Waals surface area contributed by atoms with Crippen molar-refractivity contribution in [1.82, 2.24) is 0 Å². The molecule has 2 aromatic rings. The van der Waals surface area contributed by atoms with Crippen LogP contribution in [0.1, 0.15) is 43.4 Å². The highest BCUT2D eigenvalue weighted by Gasteiger charge is 2.33. The molecule has 0 unspecified atom stereocenters. The normalized spacial score (nSPS) is 17.5. The van der Waals surface area contributed by atoms with Gasteiger partial charge in [0.1, 0.15) is 16.2 Å². The number of benzene rings is 1. The summed E-state index contributed by atoms with van der Waals surface area (Å²) in [5, 5.41) is 0.506. The van der Waals surface area contributed by atoms with Crippen molar-refractivity contribution in [2.24, 2.45) is 0 Å². The van der Waals surface area contributed by atoms with E-state index in [9.17, 15) is 8.42 Å². The zero-order chi connectivity index (χ0) is 15.2. The second-order valence-corrected chi connectivity index (χ2v) is 9.30. The van der Waals surface area contributed by atoms with Crippen LogP contribution in [-0.4, -0.2) is 13.7 Å². The van der Waals surface area contributed by atoms with Crippen molar-refractivity contribution in [3.8, 4) is 0 Å². The Balaban J connectivity index is 2.22. The zero-order valence-electron chi connectivity index (χ0n) is 12.3. The molecule has 3 nitrogen and oxygen atoms in total. The molecule has 0 bridgehead atoms. The van der Waals surface area contributed by atoms with Crippen molar-refractivity contribution in [2.45, 2.75) is 56.1 Å². The van der Waals surface area contributed by atoms with Gasteiger partial charge in [-0.1, -0.05) is 19.3 Å². The van der Waals surface area contributed by atoms with E-state index in [0.717, 1.165) is 46.6 Å². The smallest absolute Gasteiger partial charge is 0.185 e. The van der Waals surface area contributed by atoms with E-state index in [1.807, 2.05) is 19.1 Å². The second-order valence-electron chi connectivity index (χ2n) is 5.89. The largest absolute Gasteiger partial charge is 0.460 e. The molecular formula is C16H19IO3S. The van der Waals surface area contributed by atoms with Crippen LogP contribution in [0.2, 0.25) is 0 Å². The van der Waals surface area contributed by atoms with Gasteiger partial charge in [-0.15, -0.1) is 0 Å². The summed E-state index contributed by atoms with van der Waals surface area (Å²) in [5.74, 6) is 0.528. The number of hydrogen-bond donors (Lipinski definition) is 0. The molecule has 1 fully saturated rings. The molecule has 0 N–H and O–H groups in total. The van der Waals surface area contributed by atoms with Gasteiger partial charge in [-0.2, -0.15) is 0 Å². The van der Waals surface area contributed by atoms with Crippen LogP contribution in [0.3, 0.4) is 0 Å². The van der Waals surface area contributed by atoms with Crippen molar-refractivity contribution in [2.75, 3.05) is 0 Å². The highest BCUT2D eigenvalue weighted by atomic mass is 127. The molecule has 1 aromatic carbocycles. The van der Waals surface area contributed by atoms with Crippen LogP contribution < -0.4 is 0 Å². The maximum absolute atomic E-state index is 13.0. The lowest BCUT2D eigenvalue weighted by molar-refractivity contribution is 0.481. The number of rotatable bonds is 2. The molecule has 0 atom stereocenters. The first kappa shape index (κ1) is 15.3. The first-order valence-corrected chi connectivity index (χ1v) is 9.97. The fourth-order valence-corrected chi connectivity index (χ4v) is 6.29. The fraction of sp³-hybridized carbons (Fsp3) is 0.500. The zero-order valence-corrected chi connectivity index (χ0v) is 15.3. The molecule has 1 aliphatic rings. The average Bonchev–Trinajstić information content (AvgIpc) is 2.77. The Hall–Kier alpha value is -0.560. The van der Waals surface area contributed by atoms with Crippen LogP contribution >= 0.6 is 22.6 Å². The van der Waals surface area contributed by atoms with Gasteiger partial charge < -0.3 is 4.42 Å². The van der Waals surface area contributed by atoms with Crippen molar-refractivity contribution in [1.29, 1.82) is 0 Å². The van der Waals surface area contributed by atoms with Gasteiger partial charge in [-0.25, -0.2) is 8.42 Å². The van der Waals surface area contributed by atoms with E-state index in [1.165, 1.54) is 0 Å². The molecule has 1 heterocycles. The van der Waals surface area contributed by atoms with Gasteiger partial charge in [0.05, 0.1) is 5.25 Å². The Kier molecular flexibility index (Phi) is 4.07. The van der Waals surface area contributed by atoms with Crippen LogP contribution in [0, 0.1) is 17.4 Å². The number of halogens is 1. The first-order valence-electron chi connectivity index (χ1n) is 7.34. The molecular weight excluding hydrogens is 399 g/mol. The summed E-state index contributed by atoms with van der Waals surface area (Å²) in [6.07, 6.45) is 4.72. The average molecular weight is 418 g/mol. The van der Waals surface area contributed by atoms with E-state index in [4.69, 9.17) is 4.42 Å². The third-order valence-corrected chi connectivity index (χ3v) is 7.38. The van der Waals surface area contributed by atoms with E-state index >= 15 is 0 Å². The molecule has 21 heavy (non-hydrogen) atoms. The van der Waals surface area contributed by atoms with Gasteiger partial charge >= 0.3 is 0 Å². The monoisotopic (exact) mass is 418 g/mol. The number of sulfone groups is 1. The predicted octanol–water partition coefficient (Wildman–Crippen LogP) is 4.76. The van der Waals surface area contributed by atoms with E-state index in [2.05, 4.69) is 22.6 Å². The minimum absolute atomic E-state index is 0.246. The van der Waals surface area contributed by atoms with Crippen molar-refractivity contribution in [3.63, 3.8) is 0 Å². The standard InChI is InChI=1S/C16H19IO3S/c1-10-8-12(17)9-14-15(10)20-11(2)16(14)21(18,19)13-6-4-3-5-7-13/h8-9,13H,3-7H2,1-2H3. The molecule has 0 aliphatic heterocycles. The van der Waals surface area contributed by atoms with Gasteiger partial charge in [-0.05, 0) is 67.0 Å². The Morgan fingerprint density at radius 1 is 1.14 bits per heavy atom. The molecule has 1 aromatic heterocycles. The van der Waals surface area contributed by atoms with Gasteiger partial charge in [0.25, 0.3) is 0 Å². The minimum atomic E-state index is -3.31. The summed E-state index contributed by atoms with van der Waals surface area (Å²) < 4.78 is 32.9. The molecule has 1 saturated carbocycles. The van der Waals surface area contributed by atoms with Crippen LogP contribution in [0.15, 0.2) is 21.4 Å². The number of fused-ring (bicyclic) bond motifs is 1. The van der Waals surface area contributed by atoms with Crippen molar-refractivity contribution < 1.29 is 12.8 Å². The van der Waals surface area contributed by atoms with E-state index in [0.29, 0.717) is 16.2 Å². The van der Waals surface area contributed by atoms with Crippen LogP contribution in [0.25, 0.3) is 11.0 Å². The summed E-state index contributed by atoms with van der Waals surface area (Å²) >= 11 is 2.23. The lowest BCUT2D eigenvalue weighted by atomic mass is 10.0.